The van der Waals surface area contributed by atoms with E-state index in [0.29, 0.717) is 18.5 Å². The summed E-state index contributed by atoms with van der Waals surface area (Å²) in [7, 11) is 4.01. The number of rotatable bonds is 5. The van der Waals surface area contributed by atoms with Crippen molar-refractivity contribution in [1.29, 1.82) is 0 Å². The van der Waals surface area contributed by atoms with Gasteiger partial charge in [0.25, 0.3) is 5.91 Å². The molecule has 1 aliphatic rings. The van der Waals surface area contributed by atoms with Gasteiger partial charge in [-0.2, -0.15) is 0 Å². The smallest absolute Gasteiger partial charge is 0.251 e. The van der Waals surface area contributed by atoms with Gasteiger partial charge in [0.2, 0.25) is 5.91 Å². The first kappa shape index (κ1) is 13.5. The third kappa shape index (κ3) is 3.54. The van der Waals surface area contributed by atoms with E-state index in [2.05, 4.69) is 15.5 Å². The van der Waals surface area contributed by atoms with Crippen LogP contribution in [0.3, 0.4) is 0 Å². The molecule has 5 nitrogen and oxygen atoms in total. The summed E-state index contributed by atoms with van der Waals surface area (Å²) >= 11 is 0. The fourth-order valence-corrected chi connectivity index (χ4v) is 2.05. The van der Waals surface area contributed by atoms with Gasteiger partial charge in [-0.1, -0.05) is 6.07 Å². The Balaban J connectivity index is 1.90. The molecule has 0 aromatic heterocycles. The number of anilines is 1. The molecule has 1 heterocycles. The van der Waals surface area contributed by atoms with Crippen molar-refractivity contribution in [3.05, 3.63) is 29.3 Å². The van der Waals surface area contributed by atoms with Crippen molar-refractivity contribution >= 4 is 17.5 Å². The average molecular weight is 261 g/mol. The predicted molar refractivity (Wildman–Crippen MR) is 74.3 cm³/mol. The SMILES string of the molecule is CN(C)CCCNC(=O)c1ccc2c(c1)NC(=O)C2. The van der Waals surface area contributed by atoms with Crippen molar-refractivity contribution in [2.75, 3.05) is 32.5 Å². The third-order valence-electron chi connectivity index (χ3n) is 3.06. The predicted octanol–water partition coefficient (Wildman–Crippen LogP) is 0.863. The number of benzene rings is 1. The summed E-state index contributed by atoms with van der Waals surface area (Å²) < 4.78 is 0. The van der Waals surface area contributed by atoms with Gasteiger partial charge in [0.15, 0.2) is 0 Å². The topological polar surface area (TPSA) is 61.4 Å². The molecule has 0 aliphatic carbocycles. The van der Waals surface area contributed by atoms with Gasteiger partial charge in [0, 0.05) is 17.8 Å². The highest BCUT2D eigenvalue weighted by atomic mass is 16.2. The molecule has 5 heteroatoms. The van der Waals surface area contributed by atoms with E-state index >= 15 is 0 Å². The summed E-state index contributed by atoms with van der Waals surface area (Å²) in [5.41, 5.74) is 2.30. The maximum Gasteiger partial charge on any atom is 0.251 e. The fraction of sp³-hybridized carbons (Fsp3) is 0.429. The van der Waals surface area contributed by atoms with Crippen LogP contribution in [-0.2, 0) is 11.2 Å². The third-order valence-corrected chi connectivity index (χ3v) is 3.06. The summed E-state index contributed by atoms with van der Waals surface area (Å²) in [4.78, 5) is 25.3. The molecule has 0 fully saturated rings. The summed E-state index contributed by atoms with van der Waals surface area (Å²) in [5, 5.41) is 5.63. The minimum Gasteiger partial charge on any atom is -0.352 e. The van der Waals surface area contributed by atoms with Gasteiger partial charge in [0.05, 0.1) is 6.42 Å². The van der Waals surface area contributed by atoms with Crippen molar-refractivity contribution in [3.8, 4) is 0 Å². The molecule has 102 valence electrons. The van der Waals surface area contributed by atoms with E-state index in [0.717, 1.165) is 24.2 Å². The lowest BCUT2D eigenvalue weighted by Crippen LogP contribution is -2.27. The molecule has 0 spiro atoms. The maximum absolute atomic E-state index is 11.9. The second-order valence-corrected chi connectivity index (χ2v) is 5.01. The van der Waals surface area contributed by atoms with Crippen LogP contribution in [0.4, 0.5) is 5.69 Å². The quantitative estimate of drug-likeness (QED) is 0.773. The molecule has 0 saturated carbocycles. The van der Waals surface area contributed by atoms with Crippen molar-refractivity contribution in [2.45, 2.75) is 12.8 Å². The Morgan fingerprint density at radius 2 is 2.21 bits per heavy atom. The van der Waals surface area contributed by atoms with Crippen LogP contribution in [0.15, 0.2) is 18.2 Å². The Hall–Kier alpha value is -1.88. The summed E-state index contributed by atoms with van der Waals surface area (Å²) in [6.45, 7) is 1.60. The molecule has 2 amide bonds. The Bertz CT molecular complexity index is 497. The monoisotopic (exact) mass is 261 g/mol. The van der Waals surface area contributed by atoms with Gasteiger partial charge in [-0.3, -0.25) is 9.59 Å². The zero-order valence-electron chi connectivity index (χ0n) is 11.3. The number of hydrogen-bond donors (Lipinski definition) is 2. The zero-order chi connectivity index (χ0) is 13.8. The highest BCUT2D eigenvalue weighted by Gasteiger charge is 2.18. The molecule has 0 radical (unpaired) electrons. The van der Waals surface area contributed by atoms with Crippen molar-refractivity contribution in [2.24, 2.45) is 0 Å². The lowest BCUT2D eigenvalue weighted by Gasteiger charge is -2.10. The summed E-state index contributed by atoms with van der Waals surface area (Å²) in [5.74, 6) is -0.110. The number of amides is 2. The number of nitrogens with one attached hydrogen (secondary N) is 2. The molecule has 1 aromatic rings. The van der Waals surface area contributed by atoms with Gasteiger partial charge in [-0.05, 0) is 44.8 Å². The fourth-order valence-electron chi connectivity index (χ4n) is 2.05. The summed E-state index contributed by atoms with van der Waals surface area (Å²) in [6.07, 6.45) is 1.32. The van der Waals surface area contributed by atoms with E-state index in [4.69, 9.17) is 0 Å². The van der Waals surface area contributed by atoms with Gasteiger partial charge in [-0.15, -0.1) is 0 Å². The number of fused-ring (bicyclic) bond motifs is 1. The molecule has 0 bridgehead atoms. The molecule has 19 heavy (non-hydrogen) atoms. The zero-order valence-corrected chi connectivity index (χ0v) is 11.3. The average Bonchev–Trinajstić information content (AvgIpc) is 2.73. The van der Waals surface area contributed by atoms with Crippen LogP contribution in [0.1, 0.15) is 22.3 Å². The summed E-state index contributed by atoms with van der Waals surface area (Å²) in [6, 6.07) is 5.34. The molecule has 0 unspecified atom stereocenters. The molecule has 1 aromatic carbocycles. The van der Waals surface area contributed by atoms with Crippen LogP contribution in [0, 0.1) is 0 Å². The van der Waals surface area contributed by atoms with E-state index in [1.165, 1.54) is 0 Å². The molecule has 0 saturated heterocycles. The molecule has 2 N–H and O–H groups in total. The molecule has 0 atom stereocenters. The highest BCUT2D eigenvalue weighted by molar-refractivity contribution is 6.02. The molecule has 1 aliphatic heterocycles. The van der Waals surface area contributed by atoms with Crippen molar-refractivity contribution in [1.82, 2.24) is 10.2 Å². The van der Waals surface area contributed by atoms with Crippen LogP contribution in [-0.4, -0.2) is 43.9 Å². The molecular weight excluding hydrogens is 242 g/mol. The lowest BCUT2D eigenvalue weighted by atomic mass is 10.1. The Morgan fingerprint density at radius 1 is 1.42 bits per heavy atom. The number of hydrogen-bond acceptors (Lipinski definition) is 3. The van der Waals surface area contributed by atoms with Gasteiger partial charge in [0.1, 0.15) is 0 Å². The lowest BCUT2D eigenvalue weighted by molar-refractivity contribution is -0.115. The molecular formula is C14H19N3O2. The Morgan fingerprint density at radius 3 is 2.95 bits per heavy atom. The largest absolute Gasteiger partial charge is 0.352 e. The van der Waals surface area contributed by atoms with Gasteiger partial charge >= 0.3 is 0 Å². The highest BCUT2D eigenvalue weighted by Crippen LogP contribution is 2.23. The molecule has 2 rings (SSSR count). The number of carbonyl (C=O) groups is 2. The van der Waals surface area contributed by atoms with Gasteiger partial charge < -0.3 is 15.5 Å². The van der Waals surface area contributed by atoms with Crippen molar-refractivity contribution < 1.29 is 9.59 Å². The van der Waals surface area contributed by atoms with Crippen LogP contribution >= 0.6 is 0 Å². The van der Waals surface area contributed by atoms with E-state index in [1.807, 2.05) is 20.2 Å². The minimum atomic E-state index is -0.0947. The van der Waals surface area contributed by atoms with E-state index in [-0.39, 0.29) is 11.8 Å². The van der Waals surface area contributed by atoms with Crippen LogP contribution in [0.25, 0.3) is 0 Å². The van der Waals surface area contributed by atoms with Crippen LogP contribution in [0.2, 0.25) is 0 Å². The number of nitrogens with zero attached hydrogens (tertiary/aromatic N) is 1. The second-order valence-electron chi connectivity index (χ2n) is 5.01. The number of carbonyl (C=O) groups excluding carboxylic acids is 2. The van der Waals surface area contributed by atoms with Gasteiger partial charge in [-0.25, -0.2) is 0 Å². The van der Waals surface area contributed by atoms with Crippen molar-refractivity contribution in [3.63, 3.8) is 0 Å². The van der Waals surface area contributed by atoms with E-state index in [9.17, 15) is 9.59 Å². The van der Waals surface area contributed by atoms with E-state index < -0.39 is 0 Å². The standard InChI is InChI=1S/C14H19N3O2/c1-17(2)7-3-6-15-14(19)11-5-4-10-9-13(18)16-12(10)8-11/h4-5,8H,3,6-7,9H2,1-2H3,(H,15,19)(H,16,18). The first-order valence-corrected chi connectivity index (χ1v) is 6.42. The Labute approximate surface area is 113 Å². The maximum atomic E-state index is 11.9. The first-order valence-electron chi connectivity index (χ1n) is 6.42. The Kier molecular flexibility index (Phi) is 4.16. The van der Waals surface area contributed by atoms with Crippen LogP contribution < -0.4 is 10.6 Å². The normalized spacial score (nSPS) is 13.3. The first-order chi connectivity index (χ1) is 9.06. The van der Waals surface area contributed by atoms with E-state index in [1.54, 1.807) is 12.1 Å². The van der Waals surface area contributed by atoms with Crippen LogP contribution in [0.5, 0.6) is 0 Å². The second kappa shape index (κ2) is 5.84. The minimum absolute atomic E-state index is 0.0152.